The molecule has 3 aromatic heterocycles. The van der Waals surface area contributed by atoms with Gasteiger partial charge in [-0.25, -0.2) is 19.7 Å². The average Bonchev–Trinajstić information content (AvgIpc) is 3.15. The lowest BCUT2D eigenvalue weighted by atomic mass is 10.1. The topological polar surface area (TPSA) is 153 Å². The number of amides is 2. The highest BCUT2D eigenvalue weighted by molar-refractivity contribution is 8.00. The standard InChI is InChI=1S/C21H22N8O5S/c1-21(10-22-5-6-33-15-4-3-12-18(27-15)28(2)16(31)8-23-12)11-29(20(32)34-21)13-7-24-19-17(25-13)26-14(30)9-35-19/h3-4,7-8,22H,5-6,9-11H2,1-2H3,(H,25,26,30)/t21-/m0/s1. The molecule has 0 saturated carbocycles. The summed E-state index contributed by atoms with van der Waals surface area (Å²) in [6.45, 7) is 3.25. The number of nitrogens with zero attached hydrogens (tertiary/aromatic N) is 6. The molecule has 0 aliphatic carbocycles. The number of hydrogen-bond acceptors (Lipinski definition) is 11. The van der Waals surface area contributed by atoms with E-state index in [4.69, 9.17) is 9.47 Å². The summed E-state index contributed by atoms with van der Waals surface area (Å²) >= 11 is 1.30. The molecule has 0 unspecified atom stereocenters. The molecule has 182 valence electrons. The number of aryl methyl sites for hydroxylation is 1. The first-order chi connectivity index (χ1) is 16.8. The van der Waals surface area contributed by atoms with E-state index in [2.05, 4.69) is 30.6 Å². The third-order valence-electron chi connectivity index (χ3n) is 5.47. The molecule has 3 aromatic rings. The Hall–Kier alpha value is -3.78. The molecule has 0 bridgehead atoms. The van der Waals surface area contributed by atoms with Gasteiger partial charge in [0.05, 0.1) is 24.7 Å². The second-order valence-electron chi connectivity index (χ2n) is 8.30. The van der Waals surface area contributed by atoms with Gasteiger partial charge in [0.15, 0.2) is 17.3 Å². The first kappa shape index (κ1) is 23.0. The van der Waals surface area contributed by atoms with E-state index in [9.17, 15) is 14.4 Å². The van der Waals surface area contributed by atoms with Gasteiger partial charge in [-0.3, -0.25) is 19.1 Å². The number of cyclic esters (lactones) is 1. The van der Waals surface area contributed by atoms with E-state index in [1.54, 1.807) is 19.2 Å². The third-order valence-corrected chi connectivity index (χ3v) is 6.45. The zero-order chi connectivity index (χ0) is 24.6. The molecular formula is C21H22N8O5S. The Balaban J connectivity index is 1.15. The Morgan fingerprint density at radius 2 is 2.09 bits per heavy atom. The largest absolute Gasteiger partial charge is 0.476 e. The van der Waals surface area contributed by atoms with E-state index >= 15 is 0 Å². The van der Waals surface area contributed by atoms with Crippen molar-refractivity contribution in [1.29, 1.82) is 0 Å². The zero-order valence-corrected chi connectivity index (χ0v) is 19.8. The van der Waals surface area contributed by atoms with Gasteiger partial charge in [0, 0.05) is 26.2 Å². The molecule has 0 spiro atoms. The number of fused-ring (bicyclic) bond motifs is 2. The molecule has 14 heteroatoms. The average molecular weight is 499 g/mol. The Morgan fingerprint density at radius 1 is 1.23 bits per heavy atom. The number of thioether (sulfide) groups is 1. The van der Waals surface area contributed by atoms with Crippen LogP contribution in [0.3, 0.4) is 0 Å². The second kappa shape index (κ2) is 9.11. The van der Waals surface area contributed by atoms with Gasteiger partial charge >= 0.3 is 6.09 Å². The van der Waals surface area contributed by atoms with Gasteiger partial charge in [0.25, 0.3) is 5.56 Å². The molecule has 1 fully saturated rings. The fourth-order valence-electron chi connectivity index (χ4n) is 3.70. The Morgan fingerprint density at radius 3 is 2.94 bits per heavy atom. The zero-order valence-electron chi connectivity index (χ0n) is 19.0. The van der Waals surface area contributed by atoms with Gasteiger partial charge in [-0.2, -0.15) is 4.98 Å². The summed E-state index contributed by atoms with van der Waals surface area (Å²) in [6, 6.07) is 3.43. The molecule has 35 heavy (non-hydrogen) atoms. The maximum atomic E-state index is 12.5. The van der Waals surface area contributed by atoms with Crippen molar-refractivity contribution in [3.05, 3.63) is 34.9 Å². The normalized spacial score (nSPS) is 19.4. The highest BCUT2D eigenvalue weighted by Crippen LogP contribution is 2.32. The molecule has 5 heterocycles. The minimum Gasteiger partial charge on any atom is -0.476 e. The second-order valence-corrected chi connectivity index (χ2v) is 9.26. The van der Waals surface area contributed by atoms with Crippen LogP contribution in [0.1, 0.15) is 6.92 Å². The quantitative estimate of drug-likeness (QED) is 0.439. The van der Waals surface area contributed by atoms with E-state index in [-0.39, 0.29) is 23.8 Å². The van der Waals surface area contributed by atoms with Crippen molar-refractivity contribution < 1.29 is 19.1 Å². The highest BCUT2D eigenvalue weighted by Gasteiger charge is 2.42. The van der Waals surface area contributed by atoms with Crippen molar-refractivity contribution in [3.63, 3.8) is 0 Å². The number of hydrogen-bond donors (Lipinski definition) is 2. The summed E-state index contributed by atoms with van der Waals surface area (Å²) in [5.74, 6) is 1.17. The first-order valence-electron chi connectivity index (χ1n) is 10.8. The van der Waals surface area contributed by atoms with Gasteiger partial charge in [-0.1, -0.05) is 11.8 Å². The van der Waals surface area contributed by atoms with Gasteiger partial charge in [-0.05, 0) is 13.0 Å². The van der Waals surface area contributed by atoms with Crippen LogP contribution in [0.15, 0.2) is 34.3 Å². The van der Waals surface area contributed by atoms with E-state index in [1.807, 2.05) is 6.92 Å². The van der Waals surface area contributed by atoms with E-state index in [1.165, 1.54) is 33.6 Å². The fourth-order valence-corrected chi connectivity index (χ4v) is 4.40. The summed E-state index contributed by atoms with van der Waals surface area (Å²) in [7, 11) is 1.63. The molecule has 2 amide bonds. The van der Waals surface area contributed by atoms with Crippen LogP contribution in [0, 0.1) is 0 Å². The monoisotopic (exact) mass is 498 g/mol. The predicted molar refractivity (Wildman–Crippen MR) is 127 cm³/mol. The summed E-state index contributed by atoms with van der Waals surface area (Å²) in [6.07, 6.45) is 2.22. The molecular weight excluding hydrogens is 476 g/mol. The van der Waals surface area contributed by atoms with Gasteiger partial charge in [0.2, 0.25) is 11.8 Å². The van der Waals surface area contributed by atoms with E-state index in [0.29, 0.717) is 53.4 Å². The predicted octanol–water partition coefficient (Wildman–Crippen LogP) is 0.547. The van der Waals surface area contributed by atoms with E-state index in [0.717, 1.165) is 0 Å². The fraction of sp³-hybridized carbons (Fsp3) is 0.381. The van der Waals surface area contributed by atoms with Crippen LogP contribution in [0.5, 0.6) is 5.88 Å². The number of anilines is 2. The first-order valence-corrected chi connectivity index (χ1v) is 11.8. The molecule has 2 aliphatic rings. The third kappa shape index (κ3) is 4.74. The highest BCUT2D eigenvalue weighted by atomic mass is 32.2. The van der Waals surface area contributed by atoms with Crippen molar-refractivity contribution >= 4 is 46.6 Å². The van der Waals surface area contributed by atoms with Crippen molar-refractivity contribution in [2.75, 3.05) is 42.2 Å². The minimum atomic E-state index is -0.794. The van der Waals surface area contributed by atoms with Crippen LogP contribution in [0.25, 0.3) is 11.2 Å². The lowest BCUT2D eigenvalue weighted by Crippen LogP contribution is -2.42. The van der Waals surface area contributed by atoms with Crippen molar-refractivity contribution in [2.45, 2.75) is 17.6 Å². The molecule has 2 aliphatic heterocycles. The lowest BCUT2D eigenvalue weighted by molar-refractivity contribution is -0.113. The number of ether oxygens (including phenoxy) is 2. The Bertz CT molecular complexity index is 1380. The number of aromatic nitrogens is 5. The molecule has 0 radical (unpaired) electrons. The van der Waals surface area contributed by atoms with Crippen LogP contribution >= 0.6 is 11.8 Å². The van der Waals surface area contributed by atoms with Crippen molar-refractivity contribution in [3.8, 4) is 5.88 Å². The minimum absolute atomic E-state index is 0.159. The number of nitrogens with one attached hydrogen (secondary N) is 2. The smallest absolute Gasteiger partial charge is 0.416 e. The van der Waals surface area contributed by atoms with Crippen LogP contribution in [-0.4, -0.2) is 74.1 Å². The maximum Gasteiger partial charge on any atom is 0.416 e. The molecule has 13 nitrogen and oxygen atoms in total. The summed E-state index contributed by atoms with van der Waals surface area (Å²) < 4.78 is 12.7. The Kier molecular flexibility index (Phi) is 5.98. The number of pyridine rings is 1. The lowest BCUT2D eigenvalue weighted by Gasteiger charge is -2.22. The molecule has 5 rings (SSSR count). The van der Waals surface area contributed by atoms with Crippen molar-refractivity contribution in [2.24, 2.45) is 7.05 Å². The van der Waals surface area contributed by atoms with Crippen LogP contribution in [0.2, 0.25) is 0 Å². The Labute approximate surface area is 203 Å². The van der Waals surface area contributed by atoms with Crippen molar-refractivity contribution in [1.82, 2.24) is 29.8 Å². The molecule has 2 N–H and O–H groups in total. The van der Waals surface area contributed by atoms with Crippen LogP contribution in [0.4, 0.5) is 16.4 Å². The summed E-state index contributed by atoms with van der Waals surface area (Å²) in [5.41, 5.74) is -0.000369. The van der Waals surface area contributed by atoms with Crippen LogP contribution in [-0.2, 0) is 16.6 Å². The van der Waals surface area contributed by atoms with Crippen LogP contribution < -0.4 is 25.8 Å². The van der Waals surface area contributed by atoms with Gasteiger partial charge < -0.3 is 20.1 Å². The van der Waals surface area contributed by atoms with Gasteiger partial charge in [-0.15, -0.1) is 0 Å². The van der Waals surface area contributed by atoms with Gasteiger partial charge in [0.1, 0.15) is 22.8 Å². The number of carbonyl (C=O) groups excluding carboxylic acids is 2. The number of rotatable bonds is 7. The molecule has 1 atom stereocenters. The summed E-state index contributed by atoms with van der Waals surface area (Å²) in [4.78, 5) is 54.4. The summed E-state index contributed by atoms with van der Waals surface area (Å²) in [5, 5.41) is 6.51. The SMILES string of the molecule is Cn1c(=O)cnc2ccc(OCCNC[C@@]3(C)CN(c4cnc5c(n4)NC(=O)CS5)C(=O)O3)nc21. The maximum absolute atomic E-state index is 12.5. The molecule has 1 saturated heterocycles. The molecule has 0 aromatic carbocycles. The van der Waals surface area contributed by atoms with E-state index < -0.39 is 11.7 Å². The number of carbonyl (C=O) groups is 2.